The Kier molecular flexibility index (Phi) is 4.13. The first-order valence-electron chi connectivity index (χ1n) is 6.10. The smallest absolute Gasteiger partial charge is 0.144 e. The lowest BCUT2D eigenvalue weighted by molar-refractivity contribution is -0.0117. The normalized spacial score (nSPS) is 20.4. The van der Waals surface area contributed by atoms with E-state index >= 15 is 0 Å². The topological polar surface area (TPSA) is 61.2 Å². The summed E-state index contributed by atoms with van der Waals surface area (Å²) in [6, 6.07) is 4.03. The molecule has 0 saturated carbocycles. The molecule has 1 atom stereocenters. The van der Waals surface area contributed by atoms with Gasteiger partial charge < -0.3 is 15.0 Å². The van der Waals surface area contributed by atoms with Crippen LogP contribution in [-0.2, 0) is 4.74 Å². The largest absolute Gasteiger partial charge is 0.374 e. The lowest BCUT2D eigenvalue weighted by atomic mass is 10.1. The number of aryl methyl sites for hydroxylation is 1. The van der Waals surface area contributed by atoms with Crippen molar-refractivity contribution in [3.05, 3.63) is 23.4 Å². The van der Waals surface area contributed by atoms with Gasteiger partial charge in [0.1, 0.15) is 11.9 Å². The van der Waals surface area contributed by atoms with Crippen molar-refractivity contribution in [1.29, 1.82) is 5.26 Å². The zero-order valence-corrected chi connectivity index (χ0v) is 10.8. The van der Waals surface area contributed by atoms with Gasteiger partial charge in [-0.2, -0.15) is 5.26 Å². The molecule has 2 heterocycles. The summed E-state index contributed by atoms with van der Waals surface area (Å²) in [5.74, 6) is 0.648. The average Bonchev–Trinajstić information content (AvgIpc) is 2.36. The minimum Gasteiger partial charge on any atom is -0.374 e. The highest BCUT2D eigenvalue weighted by molar-refractivity contribution is 5.55. The molecule has 0 amide bonds. The minimum atomic E-state index is 0.151. The van der Waals surface area contributed by atoms with Crippen molar-refractivity contribution in [2.24, 2.45) is 0 Å². The highest BCUT2D eigenvalue weighted by atomic mass is 16.5. The first-order valence-corrected chi connectivity index (χ1v) is 6.10. The monoisotopic (exact) mass is 246 g/mol. The maximum absolute atomic E-state index is 9.11. The van der Waals surface area contributed by atoms with Crippen LogP contribution >= 0.6 is 0 Å². The van der Waals surface area contributed by atoms with Gasteiger partial charge in [-0.1, -0.05) is 0 Å². The number of pyridine rings is 1. The first-order chi connectivity index (χ1) is 8.70. The maximum Gasteiger partial charge on any atom is 0.144 e. The van der Waals surface area contributed by atoms with Crippen molar-refractivity contribution in [2.75, 3.05) is 38.6 Å². The summed E-state index contributed by atoms with van der Waals surface area (Å²) in [7, 11) is 2.08. The second-order valence-electron chi connectivity index (χ2n) is 4.60. The molecule has 0 aliphatic carbocycles. The number of hydrogen-bond acceptors (Lipinski definition) is 5. The molecular weight excluding hydrogens is 228 g/mol. The minimum absolute atomic E-state index is 0.151. The summed E-state index contributed by atoms with van der Waals surface area (Å²) >= 11 is 0. The zero-order chi connectivity index (χ0) is 13.0. The third-order valence-electron chi connectivity index (χ3n) is 3.11. The summed E-state index contributed by atoms with van der Waals surface area (Å²) in [4.78, 5) is 6.45. The number of likely N-dealkylation sites (N-methyl/N-ethyl adjacent to an activating group) is 1. The van der Waals surface area contributed by atoms with Gasteiger partial charge in [-0.25, -0.2) is 4.98 Å². The first kappa shape index (κ1) is 12.8. The van der Waals surface area contributed by atoms with Gasteiger partial charge in [-0.3, -0.25) is 0 Å². The number of rotatable bonds is 3. The summed E-state index contributed by atoms with van der Waals surface area (Å²) in [5.41, 5.74) is 1.55. The Balaban J connectivity index is 1.98. The number of anilines is 1. The SMILES string of the molecule is Cc1ccnc(NCC2CN(C)CCO2)c1C#N. The predicted molar refractivity (Wildman–Crippen MR) is 69.4 cm³/mol. The van der Waals surface area contributed by atoms with E-state index in [2.05, 4.69) is 28.3 Å². The van der Waals surface area contributed by atoms with E-state index in [0.717, 1.165) is 25.3 Å². The molecule has 0 radical (unpaired) electrons. The predicted octanol–water partition coefficient (Wildman–Crippen LogP) is 1.00. The number of hydrogen-bond donors (Lipinski definition) is 1. The van der Waals surface area contributed by atoms with Crippen LogP contribution in [0, 0.1) is 18.3 Å². The fraction of sp³-hybridized carbons (Fsp3) is 0.538. The Morgan fingerprint density at radius 2 is 2.50 bits per heavy atom. The Morgan fingerprint density at radius 1 is 1.67 bits per heavy atom. The van der Waals surface area contributed by atoms with Crippen LogP contribution < -0.4 is 5.32 Å². The van der Waals surface area contributed by atoms with E-state index in [1.165, 1.54) is 0 Å². The molecule has 1 saturated heterocycles. The highest BCUT2D eigenvalue weighted by Crippen LogP contribution is 2.15. The van der Waals surface area contributed by atoms with Crippen molar-refractivity contribution in [1.82, 2.24) is 9.88 Å². The van der Waals surface area contributed by atoms with Crippen molar-refractivity contribution in [3.8, 4) is 6.07 Å². The van der Waals surface area contributed by atoms with Gasteiger partial charge in [0, 0.05) is 25.8 Å². The van der Waals surface area contributed by atoms with Crippen LogP contribution in [0.15, 0.2) is 12.3 Å². The van der Waals surface area contributed by atoms with Gasteiger partial charge in [0.05, 0.1) is 18.3 Å². The Labute approximate surface area is 107 Å². The van der Waals surface area contributed by atoms with E-state index in [-0.39, 0.29) is 6.10 Å². The number of nitriles is 1. The van der Waals surface area contributed by atoms with Crippen LogP contribution in [0.1, 0.15) is 11.1 Å². The molecule has 0 bridgehead atoms. The number of aromatic nitrogens is 1. The van der Waals surface area contributed by atoms with E-state index in [1.807, 2.05) is 13.0 Å². The molecular formula is C13H18N4O. The van der Waals surface area contributed by atoms with E-state index in [4.69, 9.17) is 10.00 Å². The van der Waals surface area contributed by atoms with Gasteiger partial charge in [0.2, 0.25) is 0 Å². The van der Waals surface area contributed by atoms with Crippen LogP contribution in [-0.4, -0.2) is 49.3 Å². The summed E-state index contributed by atoms with van der Waals surface area (Å²) in [6.45, 7) is 5.23. The summed E-state index contributed by atoms with van der Waals surface area (Å²) in [5, 5.41) is 12.3. The van der Waals surface area contributed by atoms with Gasteiger partial charge >= 0.3 is 0 Å². The molecule has 1 unspecified atom stereocenters. The van der Waals surface area contributed by atoms with Crippen LogP contribution in [0.2, 0.25) is 0 Å². The van der Waals surface area contributed by atoms with Gasteiger partial charge in [-0.15, -0.1) is 0 Å². The van der Waals surface area contributed by atoms with Crippen LogP contribution in [0.3, 0.4) is 0 Å². The molecule has 0 spiro atoms. The Bertz CT molecular complexity index is 455. The van der Waals surface area contributed by atoms with E-state index in [1.54, 1.807) is 6.20 Å². The highest BCUT2D eigenvalue weighted by Gasteiger charge is 2.18. The Hall–Kier alpha value is -1.64. The number of morpholine rings is 1. The third kappa shape index (κ3) is 2.97. The van der Waals surface area contributed by atoms with E-state index in [0.29, 0.717) is 17.9 Å². The van der Waals surface area contributed by atoms with Gasteiger partial charge in [0.25, 0.3) is 0 Å². The van der Waals surface area contributed by atoms with Crippen molar-refractivity contribution >= 4 is 5.82 Å². The molecule has 5 nitrogen and oxygen atoms in total. The molecule has 1 aliphatic heterocycles. The lowest BCUT2D eigenvalue weighted by Gasteiger charge is -2.30. The fourth-order valence-electron chi connectivity index (χ4n) is 2.03. The Morgan fingerprint density at radius 3 is 3.22 bits per heavy atom. The molecule has 1 fully saturated rings. The quantitative estimate of drug-likeness (QED) is 0.862. The molecule has 5 heteroatoms. The van der Waals surface area contributed by atoms with Gasteiger partial charge in [-0.05, 0) is 25.6 Å². The van der Waals surface area contributed by atoms with E-state index in [9.17, 15) is 0 Å². The molecule has 1 aliphatic rings. The molecule has 0 aromatic carbocycles. The van der Waals surface area contributed by atoms with E-state index < -0.39 is 0 Å². The van der Waals surface area contributed by atoms with Crippen molar-refractivity contribution < 1.29 is 4.74 Å². The third-order valence-corrected chi connectivity index (χ3v) is 3.11. The second-order valence-corrected chi connectivity index (χ2v) is 4.60. The van der Waals surface area contributed by atoms with Crippen LogP contribution in [0.25, 0.3) is 0 Å². The molecule has 1 N–H and O–H groups in total. The number of ether oxygens (including phenoxy) is 1. The summed E-state index contributed by atoms with van der Waals surface area (Å²) in [6.07, 6.45) is 1.87. The second kappa shape index (κ2) is 5.80. The maximum atomic E-state index is 9.11. The average molecular weight is 246 g/mol. The summed E-state index contributed by atoms with van der Waals surface area (Å²) < 4.78 is 5.66. The number of nitrogens with one attached hydrogen (secondary N) is 1. The molecule has 96 valence electrons. The van der Waals surface area contributed by atoms with Crippen molar-refractivity contribution in [3.63, 3.8) is 0 Å². The van der Waals surface area contributed by atoms with Crippen LogP contribution in [0.5, 0.6) is 0 Å². The standard InChI is InChI=1S/C13H18N4O/c1-10-3-4-15-13(12(10)7-14)16-8-11-9-17(2)5-6-18-11/h3-4,11H,5-6,8-9H2,1-2H3,(H,15,16). The molecule has 18 heavy (non-hydrogen) atoms. The fourth-order valence-corrected chi connectivity index (χ4v) is 2.03. The van der Waals surface area contributed by atoms with Crippen molar-refractivity contribution in [2.45, 2.75) is 13.0 Å². The van der Waals surface area contributed by atoms with Crippen LogP contribution in [0.4, 0.5) is 5.82 Å². The molecule has 1 aromatic heterocycles. The number of nitrogens with zero attached hydrogens (tertiary/aromatic N) is 3. The molecule has 1 aromatic rings. The molecule has 2 rings (SSSR count). The zero-order valence-electron chi connectivity index (χ0n) is 10.8. The van der Waals surface area contributed by atoms with Gasteiger partial charge in [0.15, 0.2) is 0 Å². The lowest BCUT2D eigenvalue weighted by Crippen LogP contribution is -2.43.